The number of hydrogen-bond acceptors (Lipinski definition) is 22. The number of ether oxygens (including phenoxy) is 10. The maximum Gasteiger partial charge on any atom is 0.187 e. The third-order valence-electron chi connectivity index (χ3n) is 20.0. The second kappa shape index (κ2) is 21.1. The fraction of sp³-hybridized carbons (Fsp3) is 1.00. The van der Waals surface area contributed by atoms with Crippen LogP contribution in [-0.4, -0.2) is 229 Å². The van der Waals surface area contributed by atoms with E-state index >= 15 is 0 Å². The van der Waals surface area contributed by atoms with E-state index in [1.807, 2.05) is 0 Å². The van der Waals surface area contributed by atoms with Gasteiger partial charge in [-0.25, -0.2) is 0 Å². The first-order valence-electron chi connectivity index (χ1n) is 26.7. The van der Waals surface area contributed by atoms with E-state index in [0.717, 1.165) is 51.6 Å². The minimum Gasteiger partial charge on any atom is -0.394 e. The standard InChI is InChI=1S/C50H82O22/c1-20-7-12-50(64-18-20)21(2)32-28(72-50)14-26-24-6-5-22-13-23(8-10-48(22,3)25(24)9-11-49(26,32)4)65-45-40(62)37(59)41(31(17-53)68-45)69-47-43(71-46-39(61)36(58)34(56)29(15-51)66-46)42(35(57)30(16-52)67-47)70-44-38(60)33(55)27(54)19-63-44/h20-47,51-62H,5-19H2,1-4H3/t20?,21?,22?,23-,24?,25?,26?,27+,28?,29+,30+,31+,32?,33-,34+,35+,36-,37+,38+,39+,40+,41-,42-,43+,44-,45+,46-,47-,48-,49-,50?/m0/s1. The zero-order valence-corrected chi connectivity index (χ0v) is 41.7. The maximum atomic E-state index is 11.8. The molecule has 1 spiro atoms. The van der Waals surface area contributed by atoms with Crippen molar-refractivity contribution in [3.63, 3.8) is 0 Å². The molecule has 22 heteroatoms. The minimum atomic E-state index is -2.00. The zero-order chi connectivity index (χ0) is 51.3. The van der Waals surface area contributed by atoms with Gasteiger partial charge in [-0.05, 0) is 104 Å². The summed E-state index contributed by atoms with van der Waals surface area (Å²) in [6.45, 7) is 7.42. The molecule has 10 rings (SSSR count). The van der Waals surface area contributed by atoms with Crippen molar-refractivity contribution in [3.05, 3.63) is 0 Å². The summed E-state index contributed by atoms with van der Waals surface area (Å²) >= 11 is 0. The van der Waals surface area contributed by atoms with Crippen LogP contribution in [0.5, 0.6) is 0 Å². The van der Waals surface area contributed by atoms with Crippen LogP contribution in [0, 0.1) is 52.3 Å². The fourth-order valence-corrected chi connectivity index (χ4v) is 15.9. The van der Waals surface area contributed by atoms with Gasteiger partial charge in [0.25, 0.3) is 0 Å². The topological polar surface area (TPSA) is 335 Å². The SMILES string of the molecule is CC1CCC2(OC1)OC1CC3C4CCC5C[C@@H](O[C@@H]6O[C@H](CO)[C@H](O[C@@H]7O[C@H](CO)[C@@H](O)[C@H](O[C@@H]8OC[C@@H](O)[C@H](O)[C@H]8O)[C@H]7O[C@@H]7O[C@H](CO)[C@@H](O)[C@H](O)[C@H]7O)[C@H](O)[C@H]6O)CC[C@]5(C)C4CC[C@]3(C)C1C2C. The van der Waals surface area contributed by atoms with E-state index in [-0.39, 0.29) is 23.0 Å². The van der Waals surface area contributed by atoms with Crippen LogP contribution in [0.15, 0.2) is 0 Å². The molecule has 0 radical (unpaired) electrons. The third-order valence-corrected chi connectivity index (χ3v) is 20.0. The summed E-state index contributed by atoms with van der Waals surface area (Å²) in [5.74, 6) is 3.06. The summed E-state index contributed by atoms with van der Waals surface area (Å²) in [7, 11) is 0. The Morgan fingerprint density at radius 2 is 1.14 bits per heavy atom. The molecule has 0 aromatic heterocycles. The smallest absolute Gasteiger partial charge is 0.187 e. The molecule has 0 aromatic carbocycles. The Morgan fingerprint density at radius 1 is 0.514 bits per heavy atom. The lowest BCUT2D eigenvalue weighted by Gasteiger charge is -2.61. The van der Waals surface area contributed by atoms with E-state index in [1.165, 1.54) is 12.8 Å². The normalized spacial score (nSPS) is 57.8. The molecular formula is C50H82O22. The van der Waals surface area contributed by atoms with Crippen LogP contribution in [0.4, 0.5) is 0 Å². The number of hydrogen-bond donors (Lipinski definition) is 12. The first-order chi connectivity index (χ1) is 34.3. The Bertz CT molecular complexity index is 1830. The number of fused-ring (bicyclic) bond motifs is 7. The Kier molecular flexibility index (Phi) is 15.9. The highest BCUT2D eigenvalue weighted by molar-refractivity contribution is 5.15. The molecule has 414 valence electrons. The third kappa shape index (κ3) is 9.26. The van der Waals surface area contributed by atoms with E-state index in [1.54, 1.807) is 0 Å². The highest BCUT2D eigenvalue weighted by atomic mass is 16.8. The molecular weight excluding hydrogens is 953 g/mol. The van der Waals surface area contributed by atoms with E-state index in [2.05, 4.69) is 27.7 Å². The van der Waals surface area contributed by atoms with Gasteiger partial charge in [0.1, 0.15) is 91.6 Å². The molecule has 6 saturated heterocycles. The van der Waals surface area contributed by atoms with Crippen LogP contribution < -0.4 is 0 Å². The molecule has 4 saturated carbocycles. The first kappa shape index (κ1) is 54.5. The van der Waals surface area contributed by atoms with Gasteiger partial charge >= 0.3 is 0 Å². The van der Waals surface area contributed by atoms with Crippen LogP contribution in [0.2, 0.25) is 0 Å². The van der Waals surface area contributed by atoms with Gasteiger partial charge in [0.05, 0.1) is 45.2 Å². The van der Waals surface area contributed by atoms with Crippen molar-refractivity contribution < 1.29 is 109 Å². The van der Waals surface area contributed by atoms with Crippen LogP contribution in [0.25, 0.3) is 0 Å². The van der Waals surface area contributed by atoms with Gasteiger partial charge in [-0.1, -0.05) is 27.7 Å². The van der Waals surface area contributed by atoms with Gasteiger partial charge in [0, 0.05) is 12.3 Å². The summed E-state index contributed by atoms with van der Waals surface area (Å²) in [5.41, 5.74) is 0.293. The maximum absolute atomic E-state index is 11.8. The van der Waals surface area contributed by atoms with Crippen LogP contribution in [0.1, 0.15) is 91.9 Å². The molecule has 0 aromatic rings. The predicted molar refractivity (Wildman–Crippen MR) is 242 cm³/mol. The van der Waals surface area contributed by atoms with Gasteiger partial charge in [0.15, 0.2) is 30.9 Å². The minimum absolute atomic E-state index is 0.0916. The second-order valence-corrected chi connectivity index (χ2v) is 23.9. The van der Waals surface area contributed by atoms with Gasteiger partial charge in [-0.15, -0.1) is 0 Å². The molecule has 6 aliphatic heterocycles. The van der Waals surface area contributed by atoms with Gasteiger partial charge in [0.2, 0.25) is 0 Å². The largest absolute Gasteiger partial charge is 0.394 e. The van der Waals surface area contributed by atoms with Gasteiger partial charge in [-0.3, -0.25) is 0 Å². The van der Waals surface area contributed by atoms with E-state index in [4.69, 9.17) is 47.4 Å². The van der Waals surface area contributed by atoms with Crippen molar-refractivity contribution in [2.75, 3.05) is 33.0 Å². The van der Waals surface area contributed by atoms with E-state index in [0.29, 0.717) is 47.8 Å². The molecule has 10 fully saturated rings. The van der Waals surface area contributed by atoms with Crippen molar-refractivity contribution in [2.24, 2.45) is 52.3 Å². The van der Waals surface area contributed by atoms with Crippen molar-refractivity contribution in [1.82, 2.24) is 0 Å². The first-order valence-corrected chi connectivity index (χ1v) is 26.7. The van der Waals surface area contributed by atoms with Crippen molar-refractivity contribution in [2.45, 2.75) is 227 Å². The van der Waals surface area contributed by atoms with Gasteiger partial charge in [-0.2, -0.15) is 0 Å². The molecule has 10 aliphatic rings. The Balaban J connectivity index is 0.812. The number of rotatable bonds is 11. The second-order valence-electron chi connectivity index (χ2n) is 23.9. The summed E-state index contributed by atoms with van der Waals surface area (Å²) in [6.07, 6.45) is -22.9. The average Bonchev–Trinajstić information content (AvgIpc) is 3.82. The van der Waals surface area contributed by atoms with E-state index in [9.17, 15) is 61.3 Å². The molecule has 0 amide bonds. The lowest BCUT2D eigenvalue weighted by atomic mass is 9.44. The van der Waals surface area contributed by atoms with Crippen molar-refractivity contribution >= 4 is 0 Å². The van der Waals surface area contributed by atoms with E-state index < -0.39 is 149 Å². The molecule has 4 aliphatic carbocycles. The van der Waals surface area contributed by atoms with Crippen LogP contribution in [-0.2, 0) is 47.4 Å². The Hall–Kier alpha value is -0.880. The van der Waals surface area contributed by atoms with Gasteiger partial charge < -0.3 is 109 Å². The highest BCUT2D eigenvalue weighted by Crippen LogP contribution is 2.71. The lowest BCUT2D eigenvalue weighted by molar-refractivity contribution is -0.404. The molecule has 31 atom stereocenters. The molecule has 9 unspecified atom stereocenters. The molecule has 6 heterocycles. The Labute approximate surface area is 419 Å². The zero-order valence-electron chi connectivity index (χ0n) is 41.7. The number of aliphatic hydroxyl groups is 12. The lowest BCUT2D eigenvalue weighted by Crippen LogP contribution is -2.68. The summed E-state index contributed by atoms with van der Waals surface area (Å²) in [6, 6.07) is 0. The summed E-state index contributed by atoms with van der Waals surface area (Å²) < 4.78 is 61.4. The highest BCUT2D eigenvalue weighted by Gasteiger charge is 2.69. The van der Waals surface area contributed by atoms with Crippen LogP contribution in [0.3, 0.4) is 0 Å². The Morgan fingerprint density at radius 3 is 1.85 bits per heavy atom. The predicted octanol–water partition coefficient (Wildman–Crippen LogP) is -2.27. The molecule has 12 N–H and O–H groups in total. The molecule has 72 heavy (non-hydrogen) atoms. The van der Waals surface area contributed by atoms with Crippen molar-refractivity contribution in [1.29, 1.82) is 0 Å². The van der Waals surface area contributed by atoms with Crippen LogP contribution >= 0.6 is 0 Å². The fourth-order valence-electron chi connectivity index (χ4n) is 15.9. The monoisotopic (exact) mass is 1030 g/mol. The molecule has 0 bridgehead atoms. The summed E-state index contributed by atoms with van der Waals surface area (Å²) in [5, 5.41) is 129. The molecule has 22 nitrogen and oxygen atoms in total. The summed E-state index contributed by atoms with van der Waals surface area (Å²) in [4.78, 5) is 0. The van der Waals surface area contributed by atoms with Crippen molar-refractivity contribution in [3.8, 4) is 0 Å². The average molecular weight is 1040 g/mol. The quantitative estimate of drug-likeness (QED) is 0.0971. The number of aliphatic hydroxyl groups excluding tert-OH is 12.